The average Bonchev–Trinajstić information content (AvgIpc) is 3.04. The Morgan fingerprint density at radius 2 is 1.56 bits per heavy atom. The van der Waals surface area contributed by atoms with Crippen molar-refractivity contribution in [1.82, 2.24) is 10.6 Å². The lowest BCUT2D eigenvalue weighted by molar-refractivity contribution is -0.130. The van der Waals surface area contributed by atoms with E-state index in [9.17, 15) is 24.0 Å². The van der Waals surface area contributed by atoms with Crippen LogP contribution in [0.3, 0.4) is 0 Å². The lowest BCUT2D eigenvalue weighted by atomic mass is 9.88. The van der Waals surface area contributed by atoms with Gasteiger partial charge in [0.05, 0.1) is 12.1 Å². The fourth-order valence-electron chi connectivity index (χ4n) is 3.58. The molecule has 0 saturated carbocycles. The van der Waals surface area contributed by atoms with Crippen LogP contribution in [0.4, 0.5) is 5.69 Å². The Bertz CT molecular complexity index is 900. The molecule has 1 aromatic rings. The van der Waals surface area contributed by atoms with Crippen LogP contribution in [0.2, 0.25) is 0 Å². The van der Waals surface area contributed by atoms with E-state index in [0.29, 0.717) is 17.7 Å². The van der Waals surface area contributed by atoms with Gasteiger partial charge in [0.2, 0.25) is 11.8 Å². The molecule has 32 heavy (non-hydrogen) atoms. The number of amides is 4. The summed E-state index contributed by atoms with van der Waals surface area (Å²) in [7, 11) is 0. The third-order valence-corrected chi connectivity index (χ3v) is 5.17. The van der Waals surface area contributed by atoms with E-state index in [1.165, 1.54) is 12.2 Å². The maximum atomic E-state index is 12.7. The van der Waals surface area contributed by atoms with Crippen molar-refractivity contribution in [2.75, 3.05) is 4.90 Å². The first-order chi connectivity index (χ1) is 14.9. The van der Waals surface area contributed by atoms with Gasteiger partial charge in [-0.15, -0.1) is 0 Å². The van der Waals surface area contributed by atoms with Crippen LogP contribution in [0, 0.1) is 11.3 Å². The van der Waals surface area contributed by atoms with Crippen LogP contribution in [0.1, 0.15) is 46.6 Å². The minimum Gasteiger partial charge on any atom is -0.352 e. The number of nitrogens with zero attached hydrogens (tertiary/aromatic N) is 1. The van der Waals surface area contributed by atoms with Crippen molar-refractivity contribution >= 4 is 35.6 Å². The maximum absolute atomic E-state index is 12.7. The molecule has 2 atom stereocenters. The van der Waals surface area contributed by atoms with Gasteiger partial charge in [-0.1, -0.05) is 39.8 Å². The summed E-state index contributed by atoms with van der Waals surface area (Å²) in [5, 5.41) is 5.66. The van der Waals surface area contributed by atoms with Gasteiger partial charge in [0, 0.05) is 23.6 Å². The molecule has 8 nitrogen and oxygen atoms in total. The highest BCUT2D eigenvalue weighted by Crippen LogP contribution is 2.20. The highest BCUT2D eigenvalue weighted by molar-refractivity contribution is 6.28. The number of aldehydes is 1. The number of benzene rings is 1. The maximum Gasteiger partial charge on any atom is 0.258 e. The highest BCUT2D eigenvalue weighted by Gasteiger charge is 2.28. The van der Waals surface area contributed by atoms with Crippen LogP contribution in [0.25, 0.3) is 0 Å². The molecule has 1 aromatic carbocycles. The molecular formula is C24H31N3O5. The van der Waals surface area contributed by atoms with Crippen molar-refractivity contribution in [2.24, 2.45) is 11.3 Å². The number of imide groups is 1. The van der Waals surface area contributed by atoms with Gasteiger partial charge in [-0.25, -0.2) is 4.90 Å². The van der Waals surface area contributed by atoms with Gasteiger partial charge in [-0.3, -0.25) is 19.2 Å². The normalized spacial score (nSPS) is 15.6. The van der Waals surface area contributed by atoms with Gasteiger partial charge in [0.15, 0.2) is 0 Å². The fraction of sp³-hybridized carbons (Fsp3) is 0.458. The number of carbonyl (C=O) groups is 5. The summed E-state index contributed by atoms with van der Waals surface area (Å²) in [5.41, 5.74) is 0.568. The Kier molecular flexibility index (Phi) is 8.08. The molecule has 0 aromatic heterocycles. The first-order valence-electron chi connectivity index (χ1n) is 10.6. The Morgan fingerprint density at radius 1 is 1.00 bits per heavy atom. The van der Waals surface area contributed by atoms with Crippen molar-refractivity contribution < 1.29 is 24.0 Å². The molecule has 2 rings (SSSR count). The summed E-state index contributed by atoms with van der Waals surface area (Å²) in [6.07, 6.45) is 3.83. The van der Waals surface area contributed by atoms with E-state index in [-0.39, 0.29) is 30.2 Å². The van der Waals surface area contributed by atoms with Crippen molar-refractivity contribution in [3.8, 4) is 0 Å². The van der Waals surface area contributed by atoms with Crippen LogP contribution < -0.4 is 15.5 Å². The molecule has 0 bridgehead atoms. The van der Waals surface area contributed by atoms with Crippen LogP contribution in [-0.2, 0) is 30.4 Å². The number of anilines is 1. The minimum atomic E-state index is -0.713. The Morgan fingerprint density at radius 3 is 2.06 bits per heavy atom. The summed E-state index contributed by atoms with van der Waals surface area (Å²) >= 11 is 0. The first-order valence-corrected chi connectivity index (χ1v) is 10.6. The van der Waals surface area contributed by atoms with Crippen molar-refractivity contribution in [3.05, 3.63) is 42.0 Å². The summed E-state index contributed by atoms with van der Waals surface area (Å²) in [5.74, 6) is -1.56. The molecule has 8 heteroatoms. The van der Waals surface area contributed by atoms with E-state index >= 15 is 0 Å². The number of rotatable bonds is 10. The molecule has 0 aliphatic carbocycles. The van der Waals surface area contributed by atoms with Crippen molar-refractivity contribution in [3.63, 3.8) is 0 Å². The van der Waals surface area contributed by atoms with Gasteiger partial charge < -0.3 is 15.4 Å². The van der Waals surface area contributed by atoms with E-state index < -0.39 is 23.3 Å². The molecule has 0 spiro atoms. The third kappa shape index (κ3) is 6.60. The second kappa shape index (κ2) is 10.3. The third-order valence-electron chi connectivity index (χ3n) is 5.17. The predicted molar refractivity (Wildman–Crippen MR) is 121 cm³/mol. The van der Waals surface area contributed by atoms with E-state index in [0.717, 1.165) is 11.2 Å². The highest BCUT2D eigenvalue weighted by atomic mass is 16.2. The van der Waals surface area contributed by atoms with E-state index in [2.05, 4.69) is 10.6 Å². The first kappa shape index (κ1) is 25.0. The van der Waals surface area contributed by atoms with Gasteiger partial charge in [0.25, 0.3) is 11.8 Å². The Labute approximate surface area is 188 Å². The molecule has 1 aliphatic heterocycles. The monoisotopic (exact) mass is 441 g/mol. The van der Waals surface area contributed by atoms with Crippen LogP contribution in [0.5, 0.6) is 0 Å². The van der Waals surface area contributed by atoms with Crippen LogP contribution in [-0.4, -0.2) is 42.0 Å². The average molecular weight is 442 g/mol. The van der Waals surface area contributed by atoms with Gasteiger partial charge in [-0.2, -0.15) is 0 Å². The quantitative estimate of drug-likeness (QED) is 0.426. The summed E-state index contributed by atoms with van der Waals surface area (Å²) < 4.78 is 0. The molecule has 0 radical (unpaired) electrons. The second-order valence-electron chi connectivity index (χ2n) is 9.20. The SMILES string of the molecule is CC(C)[C@H](NC(=O)Cc1ccc(N2C(=O)C=CC2=O)cc1)C(=O)N[C@@H](C)CC(C)(C)C=O. The minimum absolute atomic E-state index is 0.0463. The zero-order chi connectivity index (χ0) is 24.1. The fourth-order valence-corrected chi connectivity index (χ4v) is 3.58. The van der Waals surface area contributed by atoms with E-state index in [1.807, 2.05) is 34.6 Å². The molecule has 0 saturated heterocycles. The zero-order valence-electron chi connectivity index (χ0n) is 19.2. The molecule has 1 heterocycles. The summed E-state index contributed by atoms with van der Waals surface area (Å²) in [6, 6.07) is 5.61. The van der Waals surface area contributed by atoms with Crippen molar-refractivity contribution in [2.45, 2.75) is 59.5 Å². The predicted octanol–water partition coefficient (Wildman–Crippen LogP) is 1.92. The van der Waals surface area contributed by atoms with Crippen LogP contribution in [0.15, 0.2) is 36.4 Å². The molecule has 172 valence electrons. The molecule has 1 aliphatic rings. The molecule has 2 N–H and O–H groups in total. The van der Waals surface area contributed by atoms with Gasteiger partial charge >= 0.3 is 0 Å². The molecular weight excluding hydrogens is 410 g/mol. The number of carbonyl (C=O) groups excluding carboxylic acids is 5. The standard InChI is InChI=1S/C24H31N3O5/c1-15(2)22(23(32)25-16(3)13-24(4,5)14-28)26-19(29)12-17-6-8-18(9-7-17)27-20(30)10-11-21(27)31/h6-11,14-16,22H,12-13H2,1-5H3,(H,25,32)(H,26,29)/t16-,22-/m0/s1. The number of hydrogen-bond acceptors (Lipinski definition) is 5. The molecule has 0 fully saturated rings. The Hall–Kier alpha value is -3.29. The zero-order valence-corrected chi connectivity index (χ0v) is 19.2. The smallest absolute Gasteiger partial charge is 0.258 e. The topological polar surface area (TPSA) is 113 Å². The van der Waals surface area contributed by atoms with Gasteiger partial charge in [-0.05, 0) is 37.0 Å². The molecule has 0 unspecified atom stereocenters. The second-order valence-corrected chi connectivity index (χ2v) is 9.20. The van der Waals surface area contributed by atoms with E-state index in [4.69, 9.17) is 0 Å². The van der Waals surface area contributed by atoms with Crippen LogP contribution >= 0.6 is 0 Å². The van der Waals surface area contributed by atoms with Crippen molar-refractivity contribution in [1.29, 1.82) is 0 Å². The number of hydrogen-bond donors (Lipinski definition) is 2. The lowest BCUT2D eigenvalue weighted by Gasteiger charge is -2.27. The largest absolute Gasteiger partial charge is 0.352 e. The summed E-state index contributed by atoms with van der Waals surface area (Å²) in [4.78, 5) is 61.0. The lowest BCUT2D eigenvalue weighted by Crippen LogP contribution is -2.52. The Balaban J connectivity index is 1.96. The molecule has 4 amide bonds. The number of nitrogens with one attached hydrogen (secondary N) is 2. The van der Waals surface area contributed by atoms with E-state index in [1.54, 1.807) is 24.3 Å². The van der Waals surface area contributed by atoms with Gasteiger partial charge in [0.1, 0.15) is 12.3 Å². The summed E-state index contributed by atoms with van der Waals surface area (Å²) in [6.45, 7) is 9.13.